The van der Waals surface area contributed by atoms with Gasteiger partial charge < -0.3 is 16.0 Å². The number of likely N-dealkylation sites (N-methyl/N-ethyl adjacent to an activating group) is 1. The lowest BCUT2D eigenvalue weighted by atomic mass is 9.88. The predicted octanol–water partition coefficient (Wildman–Crippen LogP) is 1.54. The summed E-state index contributed by atoms with van der Waals surface area (Å²) in [6, 6.07) is 8.52. The van der Waals surface area contributed by atoms with Crippen molar-refractivity contribution in [1.29, 1.82) is 0 Å². The van der Waals surface area contributed by atoms with Crippen LogP contribution in [0.1, 0.15) is 25.3 Å². The van der Waals surface area contributed by atoms with E-state index in [-0.39, 0.29) is 5.91 Å². The highest BCUT2D eigenvalue weighted by Gasteiger charge is 2.50. The van der Waals surface area contributed by atoms with Crippen LogP contribution in [0, 0.1) is 11.8 Å². The number of nitrogens with one attached hydrogen (secondary N) is 1. The molecule has 1 aromatic carbocycles. The molecule has 1 aliphatic carbocycles. The molecule has 0 saturated heterocycles. The lowest BCUT2D eigenvalue weighted by Crippen LogP contribution is -2.63. The number of nitrogens with zero attached hydrogens (tertiary/aromatic N) is 1. The van der Waals surface area contributed by atoms with Crippen molar-refractivity contribution in [3.05, 3.63) is 29.8 Å². The smallest absolute Gasteiger partial charge is 0.239 e. The zero-order valence-electron chi connectivity index (χ0n) is 12.9. The first-order chi connectivity index (χ1) is 10.1. The van der Waals surface area contributed by atoms with E-state index in [1.165, 1.54) is 11.3 Å². The van der Waals surface area contributed by atoms with Crippen molar-refractivity contribution < 1.29 is 4.79 Å². The van der Waals surface area contributed by atoms with Crippen LogP contribution in [-0.2, 0) is 11.2 Å². The molecule has 4 heteroatoms. The van der Waals surface area contributed by atoms with Crippen LogP contribution in [0.25, 0.3) is 0 Å². The Morgan fingerprint density at radius 2 is 2.14 bits per heavy atom. The zero-order chi connectivity index (χ0) is 15.0. The molecule has 21 heavy (non-hydrogen) atoms. The van der Waals surface area contributed by atoms with Crippen LogP contribution in [0.2, 0.25) is 0 Å². The van der Waals surface area contributed by atoms with E-state index in [9.17, 15) is 4.79 Å². The third-order valence-electron chi connectivity index (χ3n) is 5.03. The Morgan fingerprint density at radius 1 is 1.43 bits per heavy atom. The molecule has 0 radical (unpaired) electrons. The van der Waals surface area contributed by atoms with Gasteiger partial charge in [0.15, 0.2) is 0 Å². The van der Waals surface area contributed by atoms with Gasteiger partial charge in [0.05, 0.1) is 0 Å². The summed E-state index contributed by atoms with van der Waals surface area (Å²) >= 11 is 0. The number of benzene rings is 1. The number of hydrogen-bond acceptors (Lipinski definition) is 3. The normalized spacial score (nSPS) is 24.3. The maximum absolute atomic E-state index is 12.1. The van der Waals surface area contributed by atoms with E-state index in [1.807, 2.05) is 7.05 Å². The van der Waals surface area contributed by atoms with Crippen molar-refractivity contribution in [1.82, 2.24) is 5.32 Å². The molecule has 0 bridgehead atoms. The van der Waals surface area contributed by atoms with Crippen LogP contribution in [-0.4, -0.2) is 31.6 Å². The van der Waals surface area contributed by atoms with Crippen LogP contribution >= 0.6 is 0 Å². The monoisotopic (exact) mass is 287 g/mol. The highest BCUT2D eigenvalue weighted by Crippen LogP contribution is 2.41. The van der Waals surface area contributed by atoms with E-state index in [1.54, 1.807) is 0 Å². The lowest BCUT2D eigenvalue weighted by Gasteiger charge is -2.41. The van der Waals surface area contributed by atoms with Gasteiger partial charge in [-0.1, -0.05) is 25.1 Å². The largest absolute Gasteiger partial charge is 0.369 e. The fourth-order valence-corrected chi connectivity index (χ4v) is 3.75. The molecule has 2 aliphatic rings. The van der Waals surface area contributed by atoms with Crippen molar-refractivity contribution in [3.8, 4) is 0 Å². The molecule has 0 spiro atoms. The summed E-state index contributed by atoms with van der Waals surface area (Å²) in [5, 5.41) is 3.25. The number of carbonyl (C=O) groups excluding carboxylic acids is 1. The second kappa shape index (κ2) is 5.34. The molecule has 1 saturated carbocycles. The van der Waals surface area contributed by atoms with E-state index in [4.69, 9.17) is 5.73 Å². The van der Waals surface area contributed by atoms with Gasteiger partial charge in [-0.15, -0.1) is 0 Å². The number of para-hydroxylation sites is 1. The minimum Gasteiger partial charge on any atom is -0.369 e. The van der Waals surface area contributed by atoms with Gasteiger partial charge in [-0.3, -0.25) is 4.79 Å². The van der Waals surface area contributed by atoms with Crippen molar-refractivity contribution >= 4 is 11.6 Å². The first-order valence-corrected chi connectivity index (χ1v) is 7.88. The number of fused-ring (bicyclic) bond motifs is 1. The summed E-state index contributed by atoms with van der Waals surface area (Å²) in [5.41, 5.74) is 7.81. The quantitative estimate of drug-likeness (QED) is 0.863. The molecule has 0 aromatic heterocycles. The van der Waals surface area contributed by atoms with Gasteiger partial charge in [0.1, 0.15) is 5.54 Å². The Hall–Kier alpha value is -1.55. The first kappa shape index (κ1) is 14.4. The molecule has 1 aromatic rings. The van der Waals surface area contributed by atoms with Crippen LogP contribution < -0.4 is 16.0 Å². The van der Waals surface area contributed by atoms with Gasteiger partial charge >= 0.3 is 0 Å². The molecule has 1 amide bonds. The van der Waals surface area contributed by atoms with E-state index in [0.29, 0.717) is 18.4 Å². The number of carbonyl (C=O) groups is 1. The molecule has 2 unspecified atom stereocenters. The Balaban J connectivity index is 1.91. The van der Waals surface area contributed by atoms with Gasteiger partial charge in [-0.2, -0.15) is 0 Å². The number of rotatable bonds is 5. The molecule has 3 rings (SSSR count). The first-order valence-electron chi connectivity index (χ1n) is 7.88. The summed E-state index contributed by atoms with van der Waals surface area (Å²) in [7, 11) is 1.86. The molecule has 3 N–H and O–H groups in total. The van der Waals surface area contributed by atoms with E-state index >= 15 is 0 Å². The van der Waals surface area contributed by atoms with Crippen molar-refractivity contribution in [2.24, 2.45) is 17.6 Å². The standard InChI is InChI=1S/C17H25N3O/c1-12-9-13-5-3-4-6-15(13)20(10-12)11-17(19-2,16(18)21)14-7-8-14/h3-6,12,14,19H,7-11H2,1-2H3,(H2,18,21). The number of amides is 1. The average molecular weight is 287 g/mol. The van der Waals surface area contributed by atoms with Crippen molar-refractivity contribution in [3.63, 3.8) is 0 Å². The number of anilines is 1. The fraction of sp³-hybridized carbons (Fsp3) is 0.588. The van der Waals surface area contributed by atoms with E-state index in [2.05, 4.69) is 41.4 Å². The Kier molecular flexibility index (Phi) is 3.66. The lowest BCUT2D eigenvalue weighted by molar-refractivity contribution is -0.124. The molecule has 114 valence electrons. The van der Waals surface area contributed by atoms with Gasteiger partial charge in [-0.05, 0) is 49.8 Å². The topological polar surface area (TPSA) is 58.4 Å². The van der Waals surface area contributed by atoms with Crippen LogP contribution in [0.3, 0.4) is 0 Å². The second-order valence-electron chi connectivity index (χ2n) is 6.68. The Labute approximate surface area is 126 Å². The minimum atomic E-state index is -0.593. The third kappa shape index (κ3) is 2.53. The van der Waals surface area contributed by atoms with E-state index < -0.39 is 5.54 Å². The minimum absolute atomic E-state index is 0.219. The van der Waals surface area contributed by atoms with Gasteiger partial charge in [0.25, 0.3) is 0 Å². The number of primary amides is 1. The summed E-state index contributed by atoms with van der Waals surface area (Å²) in [6.45, 7) is 3.93. The van der Waals surface area contributed by atoms with Gasteiger partial charge in [-0.25, -0.2) is 0 Å². The summed E-state index contributed by atoms with van der Waals surface area (Å²) in [4.78, 5) is 14.5. The number of nitrogens with two attached hydrogens (primary N) is 1. The molecular formula is C17H25N3O. The summed E-state index contributed by atoms with van der Waals surface area (Å²) < 4.78 is 0. The van der Waals surface area contributed by atoms with Crippen LogP contribution in [0.4, 0.5) is 5.69 Å². The second-order valence-corrected chi connectivity index (χ2v) is 6.68. The molecule has 1 aliphatic heterocycles. The van der Waals surface area contributed by atoms with Gasteiger partial charge in [0, 0.05) is 18.8 Å². The highest BCUT2D eigenvalue weighted by molar-refractivity contribution is 5.86. The zero-order valence-corrected chi connectivity index (χ0v) is 12.9. The van der Waals surface area contributed by atoms with Crippen LogP contribution in [0.5, 0.6) is 0 Å². The Bertz CT molecular complexity index is 541. The molecule has 2 atom stereocenters. The summed E-state index contributed by atoms with van der Waals surface area (Å²) in [6.07, 6.45) is 3.29. The predicted molar refractivity (Wildman–Crippen MR) is 85.2 cm³/mol. The fourth-order valence-electron chi connectivity index (χ4n) is 3.75. The maximum atomic E-state index is 12.1. The van der Waals surface area contributed by atoms with Crippen molar-refractivity contribution in [2.75, 3.05) is 25.0 Å². The maximum Gasteiger partial charge on any atom is 0.239 e. The van der Waals surface area contributed by atoms with Crippen molar-refractivity contribution in [2.45, 2.75) is 31.7 Å². The number of hydrogen-bond donors (Lipinski definition) is 2. The molecular weight excluding hydrogens is 262 g/mol. The Morgan fingerprint density at radius 3 is 2.76 bits per heavy atom. The summed E-state index contributed by atoms with van der Waals surface area (Å²) in [5.74, 6) is 0.758. The SMILES string of the molecule is CNC(CN1CC(C)Cc2ccccc21)(C(N)=O)C1CC1. The molecule has 4 nitrogen and oxygen atoms in total. The highest BCUT2D eigenvalue weighted by atomic mass is 16.1. The molecule has 1 heterocycles. The van der Waals surface area contributed by atoms with Gasteiger partial charge in [0.2, 0.25) is 5.91 Å². The van der Waals surface area contributed by atoms with Crippen LogP contribution in [0.15, 0.2) is 24.3 Å². The average Bonchev–Trinajstić information content (AvgIpc) is 3.29. The third-order valence-corrected chi connectivity index (χ3v) is 5.03. The van der Waals surface area contributed by atoms with E-state index in [0.717, 1.165) is 25.8 Å². The molecule has 1 fully saturated rings.